The zero-order valence-corrected chi connectivity index (χ0v) is 14.7. The molecule has 0 radical (unpaired) electrons. The molecule has 2 N–H and O–H groups in total. The van der Waals surface area contributed by atoms with E-state index in [-0.39, 0.29) is 10.6 Å². The molecule has 1 aromatic rings. The predicted octanol–water partition coefficient (Wildman–Crippen LogP) is 1.69. The Balaban J connectivity index is 2.99. The Morgan fingerprint density at radius 3 is 2.57 bits per heavy atom. The van der Waals surface area contributed by atoms with Crippen LogP contribution in [0.2, 0.25) is 0 Å². The highest BCUT2D eigenvalue weighted by atomic mass is 32.2. The third-order valence-corrected chi connectivity index (χ3v) is 5.50. The number of rotatable bonds is 10. The first-order valence-corrected chi connectivity index (χ1v) is 9.87. The Kier molecular flexibility index (Phi) is 7.74. The lowest BCUT2D eigenvalue weighted by atomic mass is 10.1. The Morgan fingerprint density at radius 1 is 1.30 bits per heavy atom. The summed E-state index contributed by atoms with van der Waals surface area (Å²) in [6.07, 6.45) is 0.101. The van der Waals surface area contributed by atoms with Crippen LogP contribution in [0.15, 0.2) is 29.2 Å². The number of hydrogen-bond donors (Lipinski definition) is 2. The molecule has 6 nitrogen and oxygen atoms in total. The number of carboxylic acid groups (broad SMARTS) is 1. The van der Waals surface area contributed by atoms with Crippen LogP contribution in [-0.4, -0.2) is 42.8 Å². The highest BCUT2D eigenvalue weighted by Gasteiger charge is 2.27. The molecule has 8 heteroatoms. The third kappa shape index (κ3) is 6.32. The second kappa shape index (κ2) is 9.05. The molecule has 0 bridgehead atoms. The fraction of sp³-hybridized carbons (Fsp3) is 0.467. The molecular weight excluding hydrogens is 338 g/mol. The number of Topliss-reactive ketones (excluding diaryl/α,β-unsaturated/α-hetero) is 1. The number of nitrogens with one attached hydrogen (secondary N) is 1. The van der Waals surface area contributed by atoms with Gasteiger partial charge < -0.3 is 5.11 Å². The molecule has 0 spiro atoms. The molecule has 0 fully saturated rings. The van der Waals surface area contributed by atoms with Gasteiger partial charge in [0.1, 0.15) is 0 Å². The van der Waals surface area contributed by atoms with Crippen LogP contribution in [0.5, 0.6) is 0 Å². The molecule has 23 heavy (non-hydrogen) atoms. The first-order valence-electron chi connectivity index (χ1n) is 7.23. The number of carbonyl (C=O) groups is 2. The zero-order chi connectivity index (χ0) is 17.5. The number of ketones is 1. The largest absolute Gasteiger partial charge is 0.481 e. The van der Waals surface area contributed by atoms with Gasteiger partial charge in [0.2, 0.25) is 10.0 Å². The number of hydrogen-bond acceptors (Lipinski definition) is 5. The van der Waals surface area contributed by atoms with Crippen LogP contribution in [0.1, 0.15) is 25.8 Å². The Morgan fingerprint density at radius 2 is 2.00 bits per heavy atom. The molecule has 1 aromatic carbocycles. The van der Waals surface area contributed by atoms with E-state index in [4.69, 9.17) is 5.11 Å². The van der Waals surface area contributed by atoms with E-state index in [1.165, 1.54) is 23.9 Å². The first-order chi connectivity index (χ1) is 10.8. The van der Waals surface area contributed by atoms with Crippen molar-refractivity contribution < 1.29 is 23.1 Å². The lowest BCUT2D eigenvalue weighted by Crippen LogP contribution is -2.43. The molecule has 0 aliphatic carbocycles. The molecule has 0 aliphatic heterocycles. The van der Waals surface area contributed by atoms with Gasteiger partial charge in [-0.3, -0.25) is 9.59 Å². The number of sulfonamides is 1. The average molecular weight is 359 g/mol. The smallest absolute Gasteiger partial charge is 0.305 e. The summed E-state index contributed by atoms with van der Waals surface area (Å²) in [4.78, 5) is 23.0. The first kappa shape index (κ1) is 19.7. The zero-order valence-electron chi connectivity index (χ0n) is 13.1. The van der Waals surface area contributed by atoms with Crippen LogP contribution >= 0.6 is 11.8 Å². The summed E-state index contributed by atoms with van der Waals surface area (Å²) in [5.41, 5.74) is 0.843. The van der Waals surface area contributed by atoms with Crippen LogP contribution in [0.4, 0.5) is 0 Å². The van der Waals surface area contributed by atoms with Gasteiger partial charge in [-0.2, -0.15) is 11.8 Å². The number of thioether (sulfide) groups is 1. The van der Waals surface area contributed by atoms with Crippen molar-refractivity contribution in [3.63, 3.8) is 0 Å². The number of carbonyl (C=O) groups excluding carboxylic acids is 1. The second-order valence-electron chi connectivity index (χ2n) is 4.88. The fourth-order valence-corrected chi connectivity index (χ4v) is 3.78. The van der Waals surface area contributed by atoms with Crippen LogP contribution in [0, 0.1) is 0 Å². The maximum atomic E-state index is 12.4. The van der Waals surface area contributed by atoms with E-state index in [9.17, 15) is 18.0 Å². The van der Waals surface area contributed by atoms with Crippen molar-refractivity contribution >= 4 is 33.5 Å². The molecule has 0 saturated carbocycles. The fourth-order valence-electron chi connectivity index (χ4n) is 1.89. The summed E-state index contributed by atoms with van der Waals surface area (Å²) in [6.45, 7) is 3.77. The highest BCUT2D eigenvalue weighted by molar-refractivity contribution is 7.99. The van der Waals surface area contributed by atoms with Crippen LogP contribution in [-0.2, 0) is 26.0 Å². The van der Waals surface area contributed by atoms with Crippen LogP contribution in [0.25, 0.3) is 0 Å². The van der Waals surface area contributed by atoms with Gasteiger partial charge in [-0.25, -0.2) is 13.1 Å². The number of aryl methyl sites for hydroxylation is 1. The standard InChI is InChI=1S/C15H21NO5S2/c1-3-11-6-5-7-12(8-11)23(20,21)16-13(9-15(18)19)14(17)10-22-4-2/h5-8,13,16H,3-4,9-10H2,1-2H3,(H,18,19)/t13-/m0/s1. The van der Waals surface area contributed by atoms with E-state index < -0.39 is 34.2 Å². The van der Waals surface area contributed by atoms with Gasteiger partial charge in [0, 0.05) is 0 Å². The van der Waals surface area contributed by atoms with E-state index in [1.54, 1.807) is 12.1 Å². The van der Waals surface area contributed by atoms with E-state index >= 15 is 0 Å². The minimum absolute atomic E-state index is 0.0307. The van der Waals surface area contributed by atoms with E-state index in [0.717, 1.165) is 5.56 Å². The lowest BCUT2D eigenvalue weighted by molar-refractivity contribution is -0.139. The minimum atomic E-state index is -3.95. The molecule has 1 atom stereocenters. The van der Waals surface area contributed by atoms with Crippen molar-refractivity contribution in [2.75, 3.05) is 11.5 Å². The van der Waals surface area contributed by atoms with E-state index in [2.05, 4.69) is 4.72 Å². The normalized spacial score (nSPS) is 12.8. The van der Waals surface area contributed by atoms with Crippen molar-refractivity contribution in [1.29, 1.82) is 0 Å². The molecule has 1 rings (SSSR count). The number of aliphatic carboxylic acids is 1. The van der Waals surface area contributed by atoms with Gasteiger partial charge >= 0.3 is 5.97 Å². The molecule has 0 unspecified atom stereocenters. The molecule has 0 saturated heterocycles. The second-order valence-corrected chi connectivity index (χ2v) is 7.86. The Labute approximate surface area is 140 Å². The van der Waals surface area contributed by atoms with Gasteiger partial charge in [-0.05, 0) is 29.9 Å². The highest BCUT2D eigenvalue weighted by Crippen LogP contribution is 2.14. The van der Waals surface area contributed by atoms with Gasteiger partial charge in [0.25, 0.3) is 0 Å². The quantitative estimate of drug-likeness (QED) is 0.659. The number of benzene rings is 1. The van der Waals surface area contributed by atoms with Gasteiger partial charge in [-0.15, -0.1) is 0 Å². The molecule has 0 heterocycles. The van der Waals surface area contributed by atoms with Crippen LogP contribution in [0.3, 0.4) is 0 Å². The van der Waals surface area contributed by atoms with Crippen molar-refractivity contribution in [2.24, 2.45) is 0 Å². The molecule has 0 aromatic heterocycles. The molecule has 0 aliphatic rings. The van der Waals surface area contributed by atoms with E-state index in [1.807, 2.05) is 13.8 Å². The summed E-state index contributed by atoms with van der Waals surface area (Å²) in [5, 5.41) is 8.91. The molecule has 0 amide bonds. The summed E-state index contributed by atoms with van der Waals surface area (Å²) < 4.78 is 27.0. The van der Waals surface area contributed by atoms with Crippen molar-refractivity contribution in [1.82, 2.24) is 4.72 Å². The van der Waals surface area contributed by atoms with Gasteiger partial charge in [0.05, 0.1) is 23.1 Å². The minimum Gasteiger partial charge on any atom is -0.481 e. The summed E-state index contributed by atoms with van der Waals surface area (Å²) in [7, 11) is -3.95. The summed E-state index contributed by atoms with van der Waals surface area (Å²) in [6, 6.07) is 5.10. The van der Waals surface area contributed by atoms with E-state index in [0.29, 0.717) is 12.2 Å². The monoisotopic (exact) mass is 359 g/mol. The summed E-state index contributed by atoms with van der Waals surface area (Å²) >= 11 is 1.32. The SMILES string of the molecule is CCSCC(=O)[C@H](CC(=O)O)NS(=O)(=O)c1cccc(CC)c1. The van der Waals surface area contributed by atoms with Crippen molar-refractivity contribution in [2.45, 2.75) is 37.6 Å². The van der Waals surface area contributed by atoms with Crippen molar-refractivity contribution in [3.8, 4) is 0 Å². The average Bonchev–Trinajstić information content (AvgIpc) is 2.51. The van der Waals surface area contributed by atoms with Crippen molar-refractivity contribution in [3.05, 3.63) is 29.8 Å². The Bertz CT molecular complexity index is 658. The maximum Gasteiger partial charge on any atom is 0.305 e. The molecular formula is C15H21NO5S2. The molecule has 128 valence electrons. The maximum absolute atomic E-state index is 12.4. The predicted molar refractivity (Wildman–Crippen MR) is 90.2 cm³/mol. The summed E-state index contributed by atoms with van der Waals surface area (Å²) in [5.74, 6) is -0.896. The number of carboxylic acids is 1. The van der Waals surface area contributed by atoms with Gasteiger partial charge in [-0.1, -0.05) is 26.0 Å². The Hall–Kier alpha value is -1.38. The lowest BCUT2D eigenvalue weighted by Gasteiger charge is -2.16. The van der Waals surface area contributed by atoms with Crippen LogP contribution < -0.4 is 4.72 Å². The topological polar surface area (TPSA) is 101 Å². The third-order valence-electron chi connectivity index (χ3n) is 3.13. The van der Waals surface area contributed by atoms with Gasteiger partial charge in [0.15, 0.2) is 5.78 Å².